The van der Waals surface area contributed by atoms with Crippen molar-refractivity contribution in [1.29, 1.82) is 0 Å². The van der Waals surface area contributed by atoms with E-state index in [0.29, 0.717) is 17.2 Å². The lowest BCUT2D eigenvalue weighted by Crippen LogP contribution is -2.00. The van der Waals surface area contributed by atoms with Crippen LogP contribution < -0.4 is 4.74 Å². The van der Waals surface area contributed by atoms with Crippen LogP contribution >= 0.6 is 11.6 Å². The molecule has 0 aliphatic rings. The van der Waals surface area contributed by atoms with E-state index in [9.17, 15) is 4.79 Å². The number of aldehydes is 1. The van der Waals surface area contributed by atoms with Crippen molar-refractivity contribution < 1.29 is 9.53 Å². The molecule has 1 aromatic rings. The molecule has 2 nitrogen and oxygen atoms in total. The molecule has 82 valence electrons. The molecule has 15 heavy (non-hydrogen) atoms. The molecule has 1 aromatic carbocycles. The predicted octanol–water partition coefficient (Wildman–Crippen LogP) is 3.35. The first-order valence-corrected chi connectivity index (χ1v) is 5.25. The van der Waals surface area contributed by atoms with Crippen LogP contribution in [0.4, 0.5) is 0 Å². The highest BCUT2D eigenvalue weighted by molar-refractivity contribution is 6.32. The molecular formula is C12H15ClO2. The zero-order valence-electron chi connectivity index (χ0n) is 9.21. The summed E-state index contributed by atoms with van der Waals surface area (Å²) in [6, 6.07) is 3.87. The second-order valence-corrected chi connectivity index (χ2v) is 4.08. The molecule has 1 atom stereocenters. The summed E-state index contributed by atoms with van der Waals surface area (Å²) in [6.07, 6.45) is 1.40. The topological polar surface area (TPSA) is 26.3 Å². The van der Waals surface area contributed by atoms with Crippen LogP contribution in [0.3, 0.4) is 0 Å². The number of ether oxygens (including phenoxy) is 1. The highest BCUT2D eigenvalue weighted by atomic mass is 35.5. The first kappa shape index (κ1) is 12.1. The van der Waals surface area contributed by atoms with E-state index in [1.165, 1.54) is 0 Å². The summed E-state index contributed by atoms with van der Waals surface area (Å²) in [6.45, 7) is 3.96. The van der Waals surface area contributed by atoms with E-state index in [4.69, 9.17) is 16.3 Å². The number of methoxy groups -OCH3 is 1. The zero-order chi connectivity index (χ0) is 11.4. The smallest absolute Gasteiger partial charge is 0.140 e. The molecule has 0 aliphatic carbocycles. The van der Waals surface area contributed by atoms with Gasteiger partial charge in [0.2, 0.25) is 0 Å². The summed E-state index contributed by atoms with van der Waals surface area (Å²) in [5.41, 5.74) is 2.07. The molecule has 0 fully saturated rings. The van der Waals surface area contributed by atoms with Crippen LogP contribution in [0.2, 0.25) is 5.02 Å². The third kappa shape index (κ3) is 2.72. The molecule has 0 saturated carbocycles. The van der Waals surface area contributed by atoms with Crippen molar-refractivity contribution >= 4 is 17.9 Å². The SMILES string of the molecule is COc1c(Cl)cc(C)cc1C(C)CC=O. The minimum atomic E-state index is 0.134. The Kier molecular flexibility index (Phi) is 4.15. The van der Waals surface area contributed by atoms with E-state index in [1.54, 1.807) is 7.11 Å². The average Bonchev–Trinajstić information content (AvgIpc) is 2.17. The van der Waals surface area contributed by atoms with Gasteiger partial charge in [-0.2, -0.15) is 0 Å². The molecule has 0 saturated heterocycles. The van der Waals surface area contributed by atoms with Gasteiger partial charge in [-0.05, 0) is 30.0 Å². The van der Waals surface area contributed by atoms with Crippen molar-refractivity contribution in [2.24, 2.45) is 0 Å². The van der Waals surface area contributed by atoms with Gasteiger partial charge in [0, 0.05) is 6.42 Å². The van der Waals surface area contributed by atoms with Gasteiger partial charge in [-0.1, -0.05) is 24.6 Å². The lowest BCUT2D eigenvalue weighted by atomic mass is 9.96. The van der Waals surface area contributed by atoms with Gasteiger partial charge in [-0.3, -0.25) is 0 Å². The lowest BCUT2D eigenvalue weighted by Gasteiger charge is -2.15. The molecule has 1 unspecified atom stereocenters. The number of aryl methyl sites for hydroxylation is 1. The summed E-state index contributed by atoms with van der Waals surface area (Å²) in [7, 11) is 1.59. The lowest BCUT2D eigenvalue weighted by molar-refractivity contribution is -0.108. The first-order chi connectivity index (χ1) is 7.10. The zero-order valence-corrected chi connectivity index (χ0v) is 9.97. The average molecular weight is 227 g/mol. The van der Waals surface area contributed by atoms with Crippen molar-refractivity contribution in [3.63, 3.8) is 0 Å². The molecule has 1 rings (SSSR count). The van der Waals surface area contributed by atoms with E-state index in [-0.39, 0.29) is 5.92 Å². The maximum absolute atomic E-state index is 10.5. The maximum atomic E-state index is 10.5. The number of hydrogen-bond acceptors (Lipinski definition) is 2. The number of rotatable bonds is 4. The summed E-state index contributed by atoms with van der Waals surface area (Å²) >= 11 is 6.07. The second-order valence-electron chi connectivity index (χ2n) is 3.67. The monoisotopic (exact) mass is 226 g/mol. The molecule has 3 heteroatoms. The summed E-state index contributed by atoms with van der Waals surface area (Å²) in [4.78, 5) is 10.5. The minimum absolute atomic E-state index is 0.134. The predicted molar refractivity (Wildman–Crippen MR) is 61.8 cm³/mol. The van der Waals surface area contributed by atoms with Gasteiger partial charge >= 0.3 is 0 Å². The van der Waals surface area contributed by atoms with Crippen molar-refractivity contribution in [3.05, 3.63) is 28.3 Å². The van der Waals surface area contributed by atoms with Crippen LogP contribution in [-0.4, -0.2) is 13.4 Å². The van der Waals surface area contributed by atoms with E-state index < -0.39 is 0 Å². The normalized spacial score (nSPS) is 12.3. The van der Waals surface area contributed by atoms with Crippen LogP contribution in [0, 0.1) is 6.92 Å². The van der Waals surface area contributed by atoms with Gasteiger partial charge in [-0.15, -0.1) is 0 Å². The molecule has 0 amide bonds. The Balaban J connectivity index is 3.19. The van der Waals surface area contributed by atoms with Gasteiger partial charge in [0.15, 0.2) is 0 Å². The van der Waals surface area contributed by atoms with E-state index in [0.717, 1.165) is 17.4 Å². The number of carbonyl (C=O) groups is 1. The van der Waals surface area contributed by atoms with Crippen LogP contribution in [0.1, 0.15) is 30.4 Å². The van der Waals surface area contributed by atoms with Gasteiger partial charge in [0.25, 0.3) is 0 Å². The van der Waals surface area contributed by atoms with E-state index in [2.05, 4.69) is 0 Å². The molecular weight excluding hydrogens is 212 g/mol. The molecule has 0 spiro atoms. The third-order valence-electron chi connectivity index (χ3n) is 2.40. The molecule has 0 bridgehead atoms. The van der Waals surface area contributed by atoms with Crippen LogP contribution in [-0.2, 0) is 4.79 Å². The summed E-state index contributed by atoms with van der Waals surface area (Å²) in [5, 5.41) is 0.602. The molecule has 0 aromatic heterocycles. The van der Waals surface area contributed by atoms with Crippen molar-refractivity contribution in [2.75, 3.05) is 7.11 Å². The largest absolute Gasteiger partial charge is 0.495 e. The Hall–Kier alpha value is -1.02. The highest BCUT2D eigenvalue weighted by Crippen LogP contribution is 2.35. The van der Waals surface area contributed by atoms with Gasteiger partial charge in [0.1, 0.15) is 12.0 Å². The Bertz CT molecular complexity index is 361. The van der Waals surface area contributed by atoms with Gasteiger partial charge < -0.3 is 9.53 Å². The van der Waals surface area contributed by atoms with E-state index >= 15 is 0 Å². The molecule has 0 N–H and O–H groups in total. The molecule has 0 aliphatic heterocycles. The van der Waals surface area contributed by atoms with Crippen LogP contribution in [0.5, 0.6) is 5.75 Å². The van der Waals surface area contributed by atoms with Crippen molar-refractivity contribution in [2.45, 2.75) is 26.2 Å². The standard InChI is InChI=1S/C12H15ClO2/c1-8-6-10(9(2)4-5-14)12(15-3)11(13)7-8/h5-7,9H,4H2,1-3H3. The fraction of sp³-hybridized carbons (Fsp3) is 0.417. The minimum Gasteiger partial charge on any atom is -0.495 e. The number of benzene rings is 1. The molecule has 0 radical (unpaired) electrons. The van der Waals surface area contributed by atoms with Crippen LogP contribution in [0.15, 0.2) is 12.1 Å². The van der Waals surface area contributed by atoms with Crippen molar-refractivity contribution in [1.82, 2.24) is 0 Å². The number of halogens is 1. The Labute approximate surface area is 95.2 Å². The first-order valence-electron chi connectivity index (χ1n) is 4.87. The van der Waals surface area contributed by atoms with E-state index in [1.807, 2.05) is 26.0 Å². The summed E-state index contributed by atoms with van der Waals surface area (Å²) < 4.78 is 5.25. The van der Waals surface area contributed by atoms with Crippen LogP contribution in [0.25, 0.3) is 0 Å². The molecule has 0 heterocycles. The number of carbonyl (C=O) groups excluding carboxylic acids is 1. The van der Waals surface area contributed by atoms with Gasteiger partial charge in [-0.25, -0.2) is 0 Å². The Morgan fingerprint density at radius 3 is 2.73 bits per heavy atom. The highest BCUT2D eigenvalue weighted by Gasteiger charge is 2.14. The Morgan fingerprint density at radius 2 is 2.20 bits per heavy atom. The van der Waals surface area contributed by atoms with Gasteiger partial charge in [0.05, 0.1) is 12.1 Å². The number of hydrogen-bond donors (Lipinski definition) is 0. The third-order valence-corrected chi connectivity index (χ3v) is 2.68. The maximum Gasteiger partial charge on any atom is 0.140 e. The quantitative estimate of drug-likeness (QED) is 0.736. The fourth-order valence-corrected chi connectivity index (χ4v) is 1.97. The van der Waals surface area contributed by atoms with Crippen molar-refractivity contribution in [3.8, 4) is 5.75 Å². The second kappa shape index (κ2) is 5.17. The fourth-order valence-electron chi connectivity index (χ4n) is 1.61. The Morgan fingerprint density at radius 1 is 1.53 bits per heavy atom. The summed E-state index contributed by atoms with van der Waals surface area (Å²) in [5.74, 6) is 0.812.